The van der Waals surface area contributed by atoms with Gasteiger partial charge in [0.15, 0.2) is 5.82 Å². The molecule has 2 N–H and O–H groups in total. The first kappa shape index (κ1) is 29.6. The average Bonchev–Trinajstić information content (AvgIpc) is 3.46. The third kappa shape index (κ3) is 5.10. The van der Waals surface area contributed by atoms with Gasteiger partial charge in [0.2, 0.25) is 0 Å². The van der Waals surface area contributed by atoms with Gasteiger partial charge in [0.05, 0.1) is 27.3 Å². The summed E-state index contributed by atoms with van der Waals surface area (Å²) in [4.78, 5) is 12.4. The molecule has 1 saturated heterocycles. The summed E-state index contributed by atoms with van der Waals surface area (Å²) in [5.74, 6) is -4.06. The second-order valence-corrected chi connectivity index (χ2v) is 12.6. The molecule has 8 nitrogen and oxygen atoms in total. The maximum atomic E-state index is 16.7. The molecule has 4 aromatic rings. The number of hydrogen-bond acceptors (Lipinski definition) is 9. The minimum absolute atomic E-state index is 0.0126. The van der Waals surface area contributed by atoms with Gasteiger partial charge >= 0.3 is 6.01 Å². The standard InChI is InChI=1S/C29H27ClF4N6O2S/c1-39(2)13-28(12-29(28,33)34)14-42-27-37-23-16(26(38-27)40-6-3-8-41-9-7-40)10-18(30)21(22(23)32)15-4-5-19(31)24-20(15)17(11-35)25(36)43-24/h4-5,10H,3,6-9,12-14,36H2,1-2H3/t28-/m1/s1. The number of benzene rings is 2. The number of nitrogens with two attached hydrogens (primary N) is 1. The SMILES string of the molecule is CN(C)C[C@@]1(COc2nc(N3CCCOCC3)c3cc(Cl)c(-c4ccc(F)c5sc(N)c(C#N)c45)c(F)c3n2)CC1(F)F. The predicted octanol–water partition coefficient (Wildman–Crippen LogP) is 6.09. The highest BCUT2D eigenvalue weighted by molar-refractivity contribution is 7.23. The van der Waals surface area contributed by atoms with E-state index in [4.69, 9.17) is 26.8 Å². The van der Waals surface area contributed by atoms with E-state index in [-0.39, 0.29) is 73.3 Å². The Morgan fingerprint density at radius 3 is 2.70 bits per heavy atom. The molecule has 1 aliphatic carbocycles. The fourth-order valence-electron chi connectivity index (χ4n) is 5.74. The molecule has 6 rings (SSSR count). The zero-order valence-corrected chi connectivity index (χ0v) is 24.9. The van der Waals surface area contributed by atoms with Gasteiger partial charge in [0.25, 0.3) is 5.92 Å². The lowest BCUT2D eigenvalue weighted by molar-refractivity contribution is 0.0288. The molecule has 1 atom stereocenters. The molecule has 0 unspecified atom stereocenters. The second-order valence-electron chi connectivity index (χ2n) is 11.2. The van der Waals surface area contributed by atoms with Crippen molar-refractivity contribution in [1.82, 2.24) is 14.9 Å². The van der Waals surface area contributed by atoms with Crippen LogP contribution >= 0.6 is 22.9 Å². The van der Waals surface area contributed by atoms with Crippen molar-refractivity contribution in [1.29, 1.82) is 5.26 Å². The highest BCUT2D eigenvalue weighted by atomic mass is 35.5. The molecule has 0 spiro atoms. The van der Waals surface area contributed by atoms with Gasteiger partial charge in [0.1, 0.15) is 34.8 Å². The van der Waals surface area contributed by atoms with Crippen molar-refractivity contribution in [2.75, 3.05) is 64.2 Å². The lowest BCUT2D eigenvalue weighted by atomic mass is 9.97. The molecule has 226 valence electrons. The molecule has 0 radical (unpaired) electrons. The Kier molecular flexibility index (Phi) is 7.53. The number of fused-ring (bicyclic) bond motifs is 2. The van der Waals surface area contributed by atoms with Crippen LogP contribution in [0.25, 0.3) is 32.1 Å². The van der Waals surface area contributed by atoms with E-state index in [2.05, 4.69) is 9.97 Å². The third-order valence-electron chi connectivity index (χ3n) is 7.87. The van der Waals surface area contributed by atoms with E-state index in [1.54, 1.807) is 19.0 Å². The number of ether oxygens (including phenoxy) is 2. The minimum atomic E-state index is -2.92. The molecule has 14 heteroatoms. The molecule has 2 aromatic carbocycles. The van der Waals surface area contributed by atoms with E-state index in [0.717, 1.165) is 17.4 Å². The first-order chi connectivity index (χ1) is 20.5. The topological polar surface area (TPSA) is 101 Å². The van der Waals surface area contributed by atoms with Crippen LogP contribution in [-0.2, 0) is 4.74 Å². The molecular formula is C29H27ClF4N6O2S. The number of hydrogen-bond donors (Lipinski definition) is 1. The normalized spacial score (nSPS) is 20.0. The van der Waals surface area contributed by atoms with E-state index >= 15 is 4.39 Å². The highest BCUT2D eigenvalue weighted by Crippen LogP contribution is 2.60. The largest absolute Gasteiger partial charge is 0.463 e. The molecular weight excluding hydrogens is 608 g/mol. The fourth-order valence-corrected chi connectivity index (χ4v) is 6.98. The molecule has 43 heavy (non-hydrogen) atoms. The smallest absolute Gasteiger partial charge is 0.319 e. The molecule has 3 heterocycles. The van der Waals surface area contributed by atoms with Crippen molar-refractivity contribution < 1.29 is 27.0 Å². The molecule has 0 bridgehead atoms. The van der Waals surface area contributed by atoms with Gasteiger partial charge < -0.3 is 25.0 Å². The van der Waals surface area contributed by atoms with Gasteiger partial charge in [0, 0.05) is 49.0 Å². The van der Waals surface area contributed by atoms with E-state index in [1.807, 2.05) is 11.0 Å². The Morgan fingerprint density at radius 2 is 2.00 bits per heavy atom. The van der Waals surface area contributed by atoms with Crippen molar-refractivity contribution in [2.24, 2.45) is 5.41 Å². The monoisotopic (exact) mass is 634 g/mol. The van der Waals surface area contributed by atoms with Crippen LogP contribution in [0.2, 0.25) is 5.02 Å². The summed E-state index contributed by atoms with van der Waals surface area (Å²) >= 11 is 7.60. The fraction of sp³-hybridized carbons (Fsp3) is 0.414. The van der Waals surface area contributed by atoms with Gasteiger partial charge in [-0.3, -0.25) is 0 Å². The van der Waals surface area contributed by atoms with Crippen LogP contribution in [0.3, 0.4) is 0 Å². The number of alkyl halides is 2. The van der Waals surface area contributed by atoms with Crippen LogP contribution in [0.4, 0.5) is 28.4 Å². The Labute approximate surface area is 253 Å². The van der Waals surface area contributed by atoms with Gasteiger partial charge in [-0.1, -0.05) is 17.7 Å². The second kappa shape index (κ2) is 10.9. The van der Waals surface area contributed by atoms with Crippen molar-refractivity contribution in [3.8, 4) is 23.2 Å². The lowest BCUT2D eigenvalue weighted by Crippen LogP contribution is -2.33. The lowest BCUT2D eigenvalue weighted by Gasteiger charge is -2.24. The highest BCUT2D eigenvalue weighted by Gasteiger charge is 2.71. The summed E-state index contributed by atoms with van der Waals surface area (Å²) in [5, 5.41) is 10.3. The van der Waals surface area contributed by atoms with Crippen LogP contribution in [0.1, 0.15) is 18.4 Å². The number of anilines is 2. The average molecular weight is 635 g/mol. The summed E-state index contributed by atoms with van der Waals surface area (Å²) in [5.41, 5.74) is 4.49. The number of nitrogens with zero attached hydrogens (tertiary/aromatic N) is 5. The molecule has 0 amide bonds. The van der Waals surface area contributed by atoms with Crippen molar-refractivity contribution in [2.45, 2.75) is 18.8 Å². The van der Waals surface area contributed by atoms with Crippen LogP contribution in [-0.4, -0.2) is 74.3 Å². The number of thiophene rings is 1. The van der Waals surface area contributed by atoms with Crippen LogP contribution in [0.15, 0.2) is 18.2 Å². The number of nitrogen functional groups attached to an aromatic ring is 1. The van der Waals surface area contributed by atoms with Crippen LogP contribution < -0.4 is 15.4 Å². The summed E-state index contributed by atoms with van der Waals surface area (Å²) in [7, 11) is 3.40. The Bertz CT molecular complexity index is 1790. The van der Waals surface area contributed by atoms with Gasteiger partial charge in [-0.25, -0.2) is 17.6 Å². The van der Waals surface area contributed by atoms with Gasteiger partial charge in [-0.15, -0.1) is 11.3 Å². The first-order valence-electron chi connectivity index (χ1n) is 13.5. The van der Waals surface area contributed by atoms with Crippen LogP contribution in [0, 0.1) is 28.4 Å². The summed E-state index contributed by atoms with van der Waals surface area (Å²) < 4.78 is 71.8. The van der Waals surface area contributed by atoms with Gasteiger partial charge in [-0.05, 0) is 38.2 Å². The minimum Gasteiger partial charge on any atom is -0.463 e. The maximum absolute atomic E-state index is 16.7. The molecule has 2 fully saturated rings. The van der Waals surface area contributed by atoms with E-state index in [9.17, 15) is 18.4 Å². The Balaban J connectivity index is 1.53. The molecule has 2 aliphatic rings. The zero-order chi connectivity index (χ0) is 30.7. The van der Waals surface area contributed by atoms with E-state index < -0.39 is 23.0 Å². The zero-order valence-electron chi connectivity index (χ0n) is 23.3. The molecule has 1 aliphatic heterocycles. The Morgan fingerprint density at radius 1 is 1.23 bits per heavy atom. The number of aromatic nitrogens is 2. The summed E-state index contributed by atoms with van der Waals surface area (Å²) in [6.07, 6.45) is 0.333. The van der Waals surface area contributed by atoms with Crippen molar-refractivity contribution in [3.63, 3.8) is 0 Å². The van der Waals surface area contributed by atoms with E-state index in [1.165, 1.54) is 12.1 Å². The quantitative estimate of drug-likeness (QED) is 0.244. The summed E-state index contributed by atoms with van der Waals surface area (Å²) in [6.45, 7) is 1.63. The summed E-state index contributed by atoms with van der Waals surface area (Å²) in [6, 6.07) is 5.73. The van der Waals surface area contributed by atoms with Gasteiger partial charge in [-0.2, -0.15) is 15.2 Å². The number of rotatable bonds is 7. The van der Waals surface area contributed by atoms with Crippen molar-refractivity contribution in [3.05, 3.63) is 40.4 Å². The van der Waals surface area contributed by atoms with E-state index in [0.29, 0.717) is 38.5 Å². The predicted molar refractivity (Wildman–Crippen MR) is 158 cm³/mol. The number of nitriles is 1. The van der Waals surface area contributed by atoms with Crippen LogP contribution in [0.5, 0.6) is 6.01 Å². The first-order valence-corrected chi connectivity index (χ1v) is 14.7. The van der Waals surface area contributed by atoms with Crippen molar-refractivity contribution >= 4 is 54.7 Å². The molecule has 2 aromatic heterocycles. The number of halogens is 5. The molecule has 1 saturated carbocycles. The Hall–Kier alpha value is -3.44. The third-order valence-corrected chi connectivity index (χ3v) is 9.20. The maximum Gasteiger partial charge on any atom is 0.319 e.